The summed E-state index contributed by atoms with van der Waals surface area (Å²) in [6.07, 6.45) is 6.01. The van der Waals surface area contributed by atoms with Gasteiger partial charge in [-0.3, -0.25) is 4.57 Å². The van der Waals surface area contributed by atoms with Crippen molar-refractivity contribution < 1.29 is 0 Å². The van der Waals surface area contributed by atoms with Gasteiger partial charge in [-0.15, -0.1) is 0 Å². The highest BCUT2D eigenvalue weighted by atomic mass is 15.1. The fourth-order valence-electron chi connectivity index (χ4n) is 3.02. The lowest BCUT2D eigenvalue weighted by molar-refractivity contribution is 0.885. The molecule has 0 atom stereocenters. The van der Waals surface area contributed by atoms with Crippen LogP contribution in [0.4, 0.5) is 0 Å². The molecule has 108 valence electrons. The summed E-state index contributed by atoms with van der Waals surface area (Å²) in [6, 6.07) is 16.8. The lowest BCUT2D eigenvalue weighted by atomic mass is 10.2. The van der Waals surface area contributed by atoms with Crippen molar-refractivity contribution >= 4 is 21.8 Å². The van der Waals surface area contributed by atoms with Crippen LogP contribution in [-0.2, 0) is 6.42 Å². The summed E-state index contributed by atoms with van der Waals surface area (Å²) in [5.41, 5.74) is 3.48. The predicted molar refractivity (Wildman–Crippen MR) is 90.4 cm³/mol. The Kier molecular flexibility index (Phi) is 3.11. The van der Waals surface area contributed by atoms with Crippen molar-refractivity contribution in [2.45, 2.75) is 19.8 Å². The van der Waals surface area contributed by atoms with E-state index in [2.05, 4.69) is 70.0 Å². The summed E-state index contributed by atoms with van der Waals surface area (Å²) < 4.78 is 2.14. The molecule has 0 N–H and O–H groups in total. The van der Waals surface area contributed by atoms with Gasteiger partial charge in [0.25, 0.3) is 0 Å². The van der Waals surface area contributed by atoms with E-state index in [1.807, 2.05) is 12.4 Å². The number of fused-ring (bicyclic) bond motifs is 3. The van der Waals surface area contributed by atoms with Gasteiger partial charge in [0.1, 0.15) is 0 Å². The Morgan fingerprint density at radius 1 is 0.818 bits per heavy atom. The molecule has 0 spiro atoms. The first-order valence-corrected chi connectivity index (χ1v) is 7.68. The minimum absolute atomic E-state index is 0.734. The summed E-state index contributed by atoms with van der Waals surface area (Å²) >= 11 is 0. The molecule has 0 radical (unpaired) electrons. The Morgan fingerprint density at radius 3 is 1.91 bits per heavy atom. The Bertz CT molecular complexity index is 883. The first-order valence-electron chi connectivity index (χ1n) is 7.68. The smallest absolute Gasteiger partial charge is 0.234 e. The highest BCUT2D eigenvalue weighted by molar-refractivity contribution is 6.08. The maximum Gasteiger partial charge on any atom is 0.234 e. The minimum Gasteiger partial charge on any atom is -0.278 e. The molecule has 3 nitrogen and oxygen atoms in total. The first-order chi connectivity index (χ1) is 10.9. The molecule has 0 unspecified atom stereocenters. The highest BCUT2D eigenvalue weighted by Gasteiger charge is 2.12. The van der Waals surface area contributed by atoms with Gasteiger partial charge in [-0.25, -0.2) is 9.97 Å². The molecule has 2 aromatic heterocycles. The lowest BCUT2D eigenvalue weighted by Crippen LogP contribution is -2.01. The number of aryl methyl sites for hydroxylation is 1. The standard InChI is InChI=1S/C19H17N3/c1-2-7-14-12-20-19(21-13-14)22-17-10-5-3-8-15(17)16-9-4-6-11-18(16)22/h3-6,8-13H,2,7H2,1H3. The third-order valence-corrected chi connectivity index (χ3v) is 4.01. The predicted octanol–water partition coefficient (Wildman–Crippen LogP) is 4.53. The van der Waals surface area contributed by atoms with Gasteiger partial charge < -0.3 is 0 Å². The number of aromatic nitrogens is 3. The van der Waals surface area contributed by atoms with Crippen LogP contribution < -0.4 is 0 Å². The van der Waals surface area contributed by atoms with Gasteiger partial charge in [0, 0.05) is 23.2 Å². The van der Waals surface area contributed by atoms with Crippen molar-refractivity contribution in [3.8, 4) is 5.95 Å². The SMILES string of the molecule is CCCc1cnc(-n2c3ccccc3c3ccccc32)nc1. The molecule has 2 heterocycles. The zero-order valence-electron chi connectivity index (χ0n) is 12.5. The number of nitrogens with zero attached hydrogens (tertiary/aromatic N) is 3. The van der Waals surface area contributed by atoms with E-state index in [0.717, 1.165) is 29.8 Å². The topological polar surface area (TPSA) is 30.7 Å². The van der Waals surface area contributed by atoms with Gasteiger partial charge in [-0.1, -0.05) is 49.7 Å². The fraction of sp³-hybridized carbons (Fsp3) is 0.158. The quantitative estimate of drug-likeness (QED) is 0.554. The van der Waals surface area contributed by atoms with Gasteiger partial charge in [-0.05, 0) is 24.1 Å². The van der Waals surface area contributed by atoms with Gasteiger partial charge >= 0.3 is 0 Å². The van der Waals surface area contributed by atoms with Crippen LogP contribution in [0.25, 0.3) is 27.8 Å². The van der Waals surface area contributed by atoms with Crippen LogP contribution in [0, 0.1) is 0 Å². The Hall–Kier alpha value is -2.68. The molecule has 0 saturated carbocycles. The largest absolute Gasteiger partial charge is 0.278 e. The maximum absolute atomic E-state index is 4.59. The fourth-order valence-corrected chi connectivity index (χ4v) is 3.02. The molecule has 0 aliphatic heterocycles. The minimum atomic E-state index is 0.734. The van der Waals surface area contributed by atoms with Crippen molar-refractivity contribution in [2.75, 3.05) is 0 Å². The summed E-state index contributed by atoms with van der Waals surface area (Å²) in [7, 11) is 0. The van der Waals surface area contributed by atoms with E-state index in [9.17, 15) is 0 Å². The van der Waals surface area contributed by atoms with Crippen LogP contribution >= 0.6 is 0 Å². The summed E-state index contributed by atoms with van der Waals surface area (Å²) in [4.78, 5) is 9.18. The summed E-state index contributed by atoms with van der Waals surface area (Å²) in [5, 5.41) is 2.47. The maximum atomic E-state index is 4.59. The second kappa shape index (κ2) is 5.26. The Labute approximate surface area is 129 Å². The molecule has 0 aliphatic carbocycles. The molecule has 0 aliphatic rings. The third-order valence-electron chi connectivity index (χ3n) is 4.01. The molecule has 0 saturated heterocycles. The highest BCUT2D eigenvalue weighted by Crippen LogP contribution is 2.30. The molecule has 3 heteroatoms. The van der Waals surface area contributed by atoms with Crippen LogP contribution in [0.1, 0.15) is 18.9 Å². The normalized spacial score (nSPS) is 11.3. The number of rotatable bonds is 3. The van der Waals surface area contributed by atoms with E-state index in [-0.39, 0.29) is 0 Å². The van der Waals surface area contributed by atoms with E-state index in [0.29, 0.717) is 0 Å². The van der Waals surface area contributed by atoms with Crippen LogP contribution in [0.2, 0.25) is 0 Å². The van der Waals surface area contributed by atoms with Crippen molar-refractivity contribution in [1.29, 1.82) is 0 Å². The van der Waals surface area contributed by atoms with Crippen LogP contribution in [-0.4, -0.2) is 14.5 Å². The Balaban J connectivity index is 1.99. The molecular weight excluding hydrogens is 270 g/mol. The molecular formula is C19H17N3. The van der Waals surface area contributed by atoms with Gasteiger partial charge in [0.05, 0.1) is 11.0 Å². The molecule has 0 amide bonds. The molecule has 4 rings (SSSR count). The first kappa shape index (κ1) is 13.0. The molecule has 0 fully saturated rings. The zero-order chi connectivity index (χ0) is 14.9. The second-order valence-corrected chi connectivity index (χ2v) is 5.51. The molecule has 4 aromatic rings. The summed E-state index contributed by atoms with van der Waals surface area (Å²) in [6.45, 7) is 2.17. The summed E-state index contributed by atoms with van der Waals surface area (Å²) in [5.74, 6) is 0.734. The van der Waals surface area contributed by atoms with Crippen molar-refractivity contribution in [1.82, 2.24) is 14.5 Å². The van der Waals surface area contributed by atoms with E-state index in [4.69, 9.17) is 0 Å². The Morgan fingerprint density at radius 2 is 1.36 bits per heavy atom. The van der Waals surface area contributed by atoms with Gasteiger partial charge in [0.15, 0.2) is 0 Å². The van der Waals surface area contributed by atoms with Gasteiger partial charge in [-0.2, -0.15) is 0 Å². The van der Waals surface area contributed by atoms with E-state index >= 15 is 0 Å². The van der Waals surface area contributed by atoms with Crippen LogP contribution in [0.5, 0.6) is 0 Å². The third kappa shape index (κ3) is 1.98. The van der Waals surface area contributed by atoms with E-state index < -0.39 is 0 Å². The van der Waals surface area contributed by atoms with E-state index in [1.165, 1.54) is 16.3 Å². The van der Waals surface area contributed by atoms with Crippen LogP contribution in [0.3, 0.4) is 0 Å². The average Bonchev–Trinajstić information content (AvgIpc) is 2.91. The van der Waals surface area contributed by atoms with Crippen LogP contribution in [0.15, 0.2) is 60.9 Å². The number of para-hydroxylation sites is 2. The van der Waals surface area contributed by atoms with Crippen molar-refractivity contribution in [3.63, 3.8) is 0 Å². The number of hydrogen-bond donors (Lipinski definition) is 0. The molecule has 22 heavy (non-hydrogen) atoms. The van der Waals surface area contributed by atoms with E-state index in [1.54, 1.807) is 0 Å². The second-order valence-electron chi connectivity index (χ2n) is 5.51. The van der Waals surface area contributed by atoms with Crippen molar-refractivity contribution in [2.24, 2.45) is 0 Å². The van der Waals surface area contributed by atoms with Gasteiger partial charge in [0.2, 0.25) is 5.95 Å². The lowest BCUT2D eigenvalue weighted by Gasteiger charge is -2.06. The number of benzene rings is 2. The zero-order valence-corrected chi connectivity index (χ0v) is 12.5. The molecule has 0 bridgehead atoms. The number of hydrogen-bond acceptors (Lipinski definition) is 2. The molecule has 2 aromatic carbocycles. The van der Waals surface area contributed by atoms with Crippen molar-refractivity contribution in [3.05, 3.63) is 66.5 Å². The monoisotopic (exact) mass is 287 g/mol. The average molecular weight is 287 g/mol.